The van der Waals surface area contributed by atoms with Crippen molar-refractivity contribution in [2.24, 2.45) is 11.1 Å². The summed E-state index contributed by atoms with van der Waals surface area (Å²) in [5.74, 6) is 0.792. The predicted molar refractivity (Wildman–Crippen MR) is 86.5 cm³/mol. The van der Waals surface area contributed by atoms with E-state index in [2.05, 4.69) is 6.07 Å². The van der Waals surface area contributed by atoms with Crippen LogP contribution in [0.4, 0.5) is 0 Å². The van der Waals surface area contributed by atoms with Crippen molar-refractivity contribution in [1.29, 1.82) is 0 Å². The molecule has 0 aromatic heterocycles. The number of nitrogens with zero attached hydrogens (tertiary/aromatic N) is 1. The molecule has 0 saturated heterocycles. The molecule has 1 rings (SSSR count). The first-order valence-electron chi connectivity index (χ1n) is 7.33. The van der Waals surface area contributed by atoms with Crippen molar-refractivity contribution in [1.82, 2.24) is 4.90 Å². The Morgan fingerprint density at radius 3 is 2.24 bits per heavy atom. The van der Waals surface area contributed by atoms with Gasteiger partial charge in [0.25, 0.3) is 0 Å². The van der Waals surface area contributed by atoms with E-state index in [-0.39, 0.29) is 11.3 Å². The van der Waals surface area contributed by atoms with Crippen LogP contribution in [-0.2, 0) is 4.79 Å². The van der Waals surface area contributed by atoms with Crippen molar-refractivity contribution in [3.05, 3.63) is 29.3 Å². The lowest BCUT2D eigenvalue weighted by atomic mass is 9.86. The number of amides is 1. The highest BCUT2D eigenvalue weighted by atomic mass is 16.5. The number of carbonyl (C=O) groups excluding carboxylic acids is 1. The highest BCUT2D eigenvalue weighted by Crippen LogP contribution is 2.19. The van der Waals surface area contributed by atoms with Crippen molar-refractivity contribution in [2.75, 3.05) is 20.2 Å². The average Bonchev–Trinajstić information content (AvgIpc) is 2.34. The van der Waals surface area contributed by atoms with E-state index in [0.29, 0.717) is 13.2 Å². The molecule has 4 heteroatoms. The van der Waals surface area contributed by atoms with Crippen molar-refractivity contribution in [3.63, 3.8) is 0 Å². The van der Waals surface area contributed by atoms with Gasteiger partial charge in [-0.1, -0.05) is 26.8 Å². The number of ether oxygens (including phenoxy) is 1. The zero-order valence-electron chi connectivity index (χ0n) is 14.1. The highest BCUT2D eigenvalue weighted by Gasteiger charge is 2.29. The molecule has 1 amide bonds. The van der Waals surface area contributed by atoms with E-state index in [0.717, 1.165) is 5.75 Å². The van der Waals surface area contributed by atoms with E-state index in [1.54, 1.807) is 11.9 Å². The Morgan fingerprint density at radius 2 is 1.76 bits per heavy atom. The van der Waals surface area contributed by atoms with Gasteiger partial charge in [-0.25, -0.2) is 0 Å². The molecule has 1 aromatic rings. The van der Waals surface area contributed by atoms with Crippen LogP contribution in [0.15, 0.2) is 18.2 Å². The van der Waals surface area contributed by atoms with Gasteiger partial charge in [0.1, 0.15) is 12.4 Å². The fourth-order valence-electron chi connectivity index (χ4n) is 2.03. The van der Waals surface area contributed by atoms with Crippen LogP contribution >= 0.6 is 0 Å². The van der Waals surface area contributed by atoms with E-state index in [4.69, 9.17) is 10.5 Å². The molecule has 0 aliphatic rings. The third kappa shape index (κ3) is 5.38. The van der Waals surface area contributed by atoms with E-state index in [9.17, 15) is 4.79 Å². The second-order valence-corrected chi connectivity index (χ2v) is 6.78. The second-order valence-electron chi connectivity index (χ2n) is 6.78. The van der Waals surface area contributed by atoms with Crippen molar-refractivity contribution in [3.8, 4) is 5.75 Å². The summed E-state index contributed by atoms with van der Waals surface area (Å²) >= 11 is 0. The Bertz CT molecular complexity index is 472. The summed E-state index contributed by atoms with van der Waals surface area (Å²) in [5.41, 5.74) is 8.09. The minimum absolute atomic E-state index is 0.0495. The summed E-state index contributed by atoms with van der Waals surface area (Å²) < 4.78 is 5.72. The third-order valence-corrected chi connectivity index (χ3v) is 3.47. The van der Waals surface area contributed by atoms with Gasteiger partial charge in [0.2, 0.25) is 5.91 Å². The molecule has 4 nitrogen and oxygen atoms in total. The summed E-state index contributed by atoms with van der Waals surface area (Å²) in [6.45, 7) is 11.0. The summed E-state index contributed by atoms with van der Waals surface area (Å²) in [6.07, 6.45) is 0. The van der Waals surface area contributed by atoms with E-state index in [1.165, 1.54) is 11.1 Å². The zero-order chi connectivity index (χ0) is 16.2. The van der Waals surface area contributed by atoms with Gasteiger partial charge < -0.3 is 15.4 Å². The first-order valence-corrected chi connectivity index (χ1v) is 7.33. The molecule has 21 heavy (non-hydrogen) atoms. The Labute approximate surface area is 128 Å². The van der Waals surface area contributed by atoms with Gasteiger partial charge >= 0.3 is 0 Å². The Hall–Kier alpha value is -1.55. The molecule has 0 bridgehead atoms. The number of rotatable bonds is 5. The third-order valence-electron chi connectivity index (χ3n) is 3.47. The maximum atomic E-state index is 12.2. The molecule has 0 unspecified atom stereocenters. The minimum Gasteiger partial charge on any atom is -0.492 e. The van der Waals surface area contributed by atoms with E-state index < -0.39 is 6.04 Å². The number of carbonyl (C=O) groups is 1. The fraction of sp³-hybridized carbons (Fsp3) is 0.588. The topological polar surface area (TPSA) is 55.6 Å². The van der Waals surface area contributed by atoms with Gasteiger partial charge in [0.15, 0.2) is 0 Å². The van der Waals surface area contributed by atoms with Gasteiger partial charge in [-0.15, -0.1) is 0 Å². The second kappa shape index (κ2) is 6.94. The molecule has 0 spiro atoms. The number of likely N-dealkylation sites (N-methyl/N-ethyl adjacent to an activating group) is 1. The van der Waals surface area contributed by atoms with E-state index >= 15 is 0 Å². The van der Waals surface area contributed by atoms with Gasteiger partial charge in [0.05, 0.1) is 12.6 Å². The highest BCUT2D eigenvalue weighted by molar-refractivity contribution is 5.82. The Kier molecular flexibility index (Phi) is 5.78. The first-order chi connectivity index (χ1) is 9.61. The number of aryl methyl sites for hydroxylation is 2. The Morgan fingerprint density at radius 1 is 1.24 bits per heavy atom. The summed E-state index contributed by atoms with van der Waals surface area (Å²) in [5, 5.41) is 0. The summed E-state index contributed by atoms with van der Waals surface area (Å²) in [7, 11) is 1.76. The van der Waals surface area contributed by atoms with Gasteiger partial charge in [-0.3, -0.25) is 4.79 Å². The van der Waals surface area contributed by atoms with Gasteiger partial charge in [-0.05, 0) is 42.5 Å². The molecular formula is C17H28N2O2. The molecule has 0 aliphatic heterocycles. The molecule has 118 valence electrons. The van der Waals surface area contributed by atoms with E-state index in [1.807, 2.05) is 46.8 Å². The molecule has 0 aliphatic carbocycles. The number of nitrogens with two attached hydrogens (primary N) is 1. The number of hydrogen-bond donors (Lipinski definition) is 1. The zero-order valence-corrected chi connectivity index (χ0v) is 14.1. The molecular weight excluding hydrogens is 264 g/mol. The Balaban J connectivity index is 2.50. The average molecular weight is 292 g/mol. The SMILES string of the molecule is Cc1cc(C)cc(OCCN(C)C(=O)[C@H](N)C(C)(C)C)c1. The van der Waals surface area contributed by atoms with Crippen LogP contribution < -0.4 is 10.5 Å². The lowest BCUT2D eigenvalue weighted by Crippen LogP contribution is -2.49. The lowest BCUT2D eigenvalue weighted by Gasteiger charge is -2.30. The molecule has 2 N–H and O–H groups in total. The molecule has 0 heterocycles. The predicted octanol–water partition coefficient (Wildman–Crippen LogP) is 2.51. The first kappa shape index (κ1) is 17.5. The molecule has 1 aromatic carbocycles. The normalized spacial score (nSPS) is 12.9. The van der Waals surface area contributed by atoms with Crippen molar-refractivity contribution in [2.45, 2.75) is 40.7 Å². The quantitative estimate of drug-likeness (QED) is 0.907. The maximum Gasteiger partial charge on any atom is 0.239 e. The molecule has 1 atom stereocenters. The largest absolute Gasteiger partial charge is 0.492 e. The van der Waals surface area contributed by atoms with Gasteiger partial charge in [0, 0.05) is 7.05 Å². The fourth-order valence-corrected chi connectivity index (χ4v) is 2.03. The van der Waals surface area contributed by atoms with Crippen LogP contribution in [-0.4, -0.2) is 37.0 Å². The van der Waals surface area contributed by atoms with Crippen LogP contribution in [0, 0.1) is 19.3 Å². The van der Waals surface area contributed by atoms with Gasteiger partial charge in [-0.2, -0.15) is 0 Å². The number of hydrogen-bond acceptors (Lipinski definition) is 3. The molecule has 0 saturated carbocycles. The van der Waals surface area contributed by atoms with Crippen LogP contribution in [0.25, 0.3) is 0 Å². The minimum atomic E-state index is -0.497. The van der Waals surface area contributed by atoms with Crippen molar-refractivity contribution >= 4 is 5.91 Å². The van der Waals surface area contributed by atoms with Crippen LogP contribution in [0.5, 0.6) is 5.75 Å². The van der Waals surface area contributed by atoms with Crippen LogP contribution in [0.1, 0.15) is 31.9 Å². The lowest BCUT2D eigenvalue weighted by molar-refractivity contribution is -0.133. The molecule has 0 fully saturated rings. The number of benzene rings is 1. The van der Waals surface area contributed by atoms with Crippen LogP contribution in [0.2, 0.25) is 0 Å². The van der Waals surface area contributed by atoms with Crippen molar-refractivity contribution < 1.29 is 9.53 Å². The summed E-state index contributed by atoms with van der Waals surface area (Å²) in [4.78, 5) is 13.8. The summed E-state index contributed by atoms with van der Waals surface area (Å²) in [6, 6.07) is 5.60. The maximum absolute atomic E-state index is 12.2. The van der Waals surface area contributed by atoms with Crippen LogP contribution in [0.3, 0.4) is 0 Å². The molecule has 0 radical (unpaired) electrons. The smallest absolute Gasteiger partial charge is 0.239 e. The standard InChI is InChI=1S/C17H28N2O2/c1-12-9-13(2)11-14(10-12)21-8-7-19(6)16(20)15(18)17(3,4)5/h9-11,15H,7-8,18H2,1-6H3/t15-/m0/s1. The monoisotopic (exact) mass is 292 g/mol.